The smallest absolute Gasteiger partial charge is 0.0582 e. The van der Waals surface area contributed by atoms with Crippen molar-refractivity contribution in [2.24, 2.45) is 5.92 Å². The van der Waals surface area contributed by atoms with Crippen molar-refractivity contribution in [3.8, 4) is 5.69 Å². The quantitative estimate of drug-likeness (QED) is 0.218. The van der Waals surface area contributed by atoms with Gasteiger partial charge in [0.15, 0.2) is 0 Å². The van der Waals surface area contributed by atoms with Crippen LogP contribution < -0.4 is 4.90 Å². The van der Waals surface area contributed by atoms with Gasteiger partial charge in [-0.25, -0.2) is 0 Å². The molecule has 1 aliphatic heterocycles. The minimum atomic E-state index is -0.0594. The Morgan fingerprint density at radius 3 is 2.43 bits per heavy atom. The first kappa shape index (κ1) is 28.4. The molecule has 2 unspecified atom stereocenters. The lowest BCUT2D eigenvalue weighted by Crippen LogP contribution is -2.34. The van der Waals surface area contributed by atoms with Crippen molar-refractivity contribution >= 4 is 27.5 Å². The standard InChI is InChI=1S/C45H42N2/c1-45(2)40-17-9-10-19-43(40)47-42-29-28-37(30-39(42)38-16-11-18-41(45)44(38)47)46(35-24-20-33(21-25-35)31-12-5-3-6-13-31)36-26-22-34(23-27-36)32-14-7-4-8-15-32/h3-7,9-12,14,16-22,24,26,28-31,35H,8,13,15,23,25,27H2,1-2H3. The minimum Gasteiger partial charge on any atom is -0.338 e. The van der Waals surface area contributed by atoms with Gasteiger partial charge in [-0.2, -0.15) is 0 Å². The second-order valence-corrected chi connectivity index (χ2v) is 14.3. The lowest BCUT2D eigenvalue weighted by Gasteiger charge is -2.37. The zero-order valence-corrected chi connectivity index (χ0v) is 27.5. The normalized spacial score (nSPS) is 22.5. The predicted octanol–water partition coefficient (Wildman–Crippen LogP) is 11.5. The van der Waals surface area contributed by atoms with Crippen LogP contribution >= 0.6 is 0 Å². The fourth-order valence-electron chi connectivity index (χ4n) is 8.76. The first-order valence-electron chi connectivity index (χ1n) is 17.5. The van der Waals surface area contributed by atoms with Crippen LogP contribution in [0.15, 0.2) is 156 Å². The monoisotopic (exact) mass is 610 g/mol. The fourth-order valence-corrected chi connectivity index (χ4v) is 8.76. The van der Waals surface area contributed by atoms with Gasteiger partial charge in [0.05, 0.1) is 22.8 Å². The maximum Gasteiger partial charge on any atom is 0.0582 e. The van der Waals surface area contributed by atoms with E-state index in [9.17, 15) is 0 Å². The highest BCUT2D eigenvalue weighted by atomic mass is 15.2. The Labute approximate surface area is 278 Å². The SMILES string of the molecule is CC1(C)c2ccccc2-n2c3ccc(N(C4=CC=C(C5=CC=CCC5)CC4)C4C=CC(C5C=CC=CC5)=CC4)cc3c3cccc1c32. The Hall–Kier alpha value is -4.82. The van der Waals surface area contributed by atoms with E-state index in [1.54, 1.807) is 0 Å². The molecule has 5 aliphatic rings. The molecule has 2 nitrogen and oxygen atoms in total. The van der Waals surface area contributed by atoms with E-state index in [0.29, 0.717) is 5.92 Å². The van der Waals surface area contributed by atoms with Crippen LogP contribution in [-0.2, 0) is 5.41 Å². The Kier molecular flexibility index (Phi) is 6.75. The van der Waals surface area contributed by atoms with Crippen molar-refractivity contribution in [3.63, 3.8) is 0 Å². The van der Waals surface area contributed by atoms with Gasteiger partial charge in [-0.3, -0.25) is 0 Å². The number of allylic oxidation sites excluding steroid dienone is 14. The molecule has 232 valence electrons. The van der Waals surface area contributed by atoms with Crippen molar-refractivity contribution in [3.05, 3.63) is 167 Å². The van der Waals surface area contributed by atoms with Crippen LogP contribution in [0.4, 0.5) is 5.69 Å². The summed E-state index contributed by atoms with van der Waals surface area (Å²) >= 11 is 0. The lowest BCUT2D eigenvalue weighted by atomic mass is 9.75. The molecule has 0 amide bonds. The van der Waals surface area contributed by atoms with Gasteiger partial charge < -0.3 is 9.47 Å². The van der Waals surface area contributed by atoms with Crippen molar-refractivity contribution in [2.45, 2.75) is 63.8 Å². The molecule has 4 aliphatic carbocycles. The van der Waals surface area contributed by atoms with Crippen molar-refractivity contribution in [1.29, 1.82) is 0 Å². The summed E-state index contributed by atoms with van der Waals surface area (Å²) in [6, 6.07) is 23.4. The van der Waals surface area contributed by atoms with E-state index in [0.717, 1.165) is 38.5 Å². The molecule has 2 heterocycles. The topological polar surface area (TPSA) is 8.17 Å². The summed E-state index contributed by atoms with van der Waals surface area (Å²) in [4.78, 5) is 2.65. The molecule has 47 heavy (non-hydrogen) atoms. The molecule has 0 bridgehead atoms. The zero-order valence-electron chi connectivity index (χ0n) is 27.5. The van der Waals surface area contributed by atoms with Gasteiger partial charge in [-0.1, -0.05) is 117 Å². The average molecular weight is 611 g/mol. The second kappa shape index (κ2) is 11.2. The summed E-state index contributed by atoms with van der Waals surface area (Å²) in [5.41, 5.74) is 13.8. The first-order chi connectivity index (χ1) is 23.1. The van der Waals surface area contributed by atoms with Gasteiger partial charge >= 0.3 is 0 Å². The maximum atomic E-state index is 2.65. The van der Waals surface area contributed by atoms with Crippen molar-refractivity contribution in [1.82, 2.24) is 4.57 Å². The van der Waals surface area contributed by atoms with E-state index in [1.807, 2.05) is 0 Å². The predicted molar refractivity (Wildman–Crippen MR) is 199 cm³/mol. The van der Waals surface area contributed by atoms with Gasteiger partial charge in [0, 0.05) is 33.5 Å². The van der Waals surface area contributed by atoms with Crippen molar-refractivity contribution < 1.29 is 0 Å². The third-order valence-corrected chi connectivity index (χ3v) is 11.3. The van der Waals surface area contributed by atoms with Crippen LogP contribution in [-0.4, -0.2) is 10.6 Å². The number of fused-ring (bicyclic) bond motifs is 5. The first-order valence-corrected chi connectivity index (χ1v) is 17.5. The van der Waals surface area contributed by atoms with Crippen LogP contribution in [0.2, 0.25) is 0 Å². The molecule has 3 aromatic carbocycles. The molecular formula is C45H42N2. The number of rotatable bonds is 5. The van der Waals surface area contributed by atoms with E-state index in [-0.39, 0.29) is 11.5 Å². The van der Waals surface area contributed by atoms with E-state index < -0.39 is 0 Å². The summed E-state index contributed by atoms with van der Waals surface area (Å²) in [7, 11) is 0. The molecule has 0 radical (unpaired) electrons. The summed E-state index contributed by atoms with van der Waals surface area (Å²) < 4.78 is 2.53. The van der Waals surface area contributed by atoms with Gasteiger partial charge in [0.25, 0.3) is 0 Å². The van der Waals surface area contributed by atoms with Gasteiger partial charge in [-0.15, -0.1) is 0 Å². The second-order valence-electron chi connectivity index (χ2n) is 14.3. The van der Waals surface area contributed by atoms with E-state index in [2.05, 4.69) is 157 Å². The third-order valence-electron chi connectivity index (χ3n) is 11.3. The summed E-state index contributed by atoms with van der Waals surface area (Å²) in [6.07, 6.45) is 34.6. The largest absolute Gasteiger partial charge is 0.338 e. The van der Waals surface area contributed by atoms with E-state index in [1.165, 1.54) is 66.7 Å². The molecule has 1 aromatic heterocycles. The molecule has 2 atom stereocenters. The molecule has 2 heteroatoms. The number of hydrogen-bond acceptors (Lipinski definition) is 1. The molecule has 4 aromatic rings. The Morgan fingerprint density at radius 2 is 1.64 bits per heavy atom. The Morgan fingerprint density at radius 1 is 0.745 bits per heavy atom. The zero-order chi connectivity index (χ0) is 31.5. The van der Waals surface area contributed by atoms with Crippen LogP contribution in [0.3, 0.4) is 0 Å². The number of anilines is 1. The fraction of sp³-hybridized carbons (Fsp3) is 0.244. The average Bonchev–Trinajstić information content (AvgIpc) is 3.46. The van der Waals surface area contributed by atoms with E-state index in [4.69, 9.17) is 0 Å². The van der Waals surface area contributed by atoms with Gasteiger partial charge in [0.2, 0.25) is 0 Å². The van der Waals surface area contributed by atoms with Gasteiger partial charge in [0.1, 0.15) is 0 Å². The highest BCUT2D eigenvalue weighted by molar-refractivity contribution is 6.12. The third kappa shape index (κ3) is 4.60. The molecular weight excluding hydrogens is 569 g/mol. The van der Waals surface area contributed by atoms with Crippen LogP contribution in [0.1, 0.15) is 63.5 Å². The highest BCUT2D eigenvalue weighted by Gasteiger charge is 2.35. The molecule has 0 spiro atoms. The van der Waals surface area contributed by atoms with Gasteiger partial charge in [-0.05, 0) is 96.7 Å². The number of hydrogen-bond donors (Lipinski definition) is 0. The van der Waals surface area contributed by atoms with Crippen LogP contribution in [0.5, 0.6) is 0 Å². The summed E-state index contributed by atoms with van der Waals surface area (Å²) in [5, 5.41) is 2.68. The maximum absolute atomic E-state index is 2.65. The Balaban J connectivity index is 1.17. The highest BCUT2D eigenvalue weighted by Crippen LogP contribution is 2.48. The number of nitrogens with zero attached hydrogens (tertiary/aromatic N) is 2. The Bertz CT molecular complexity index is 2180. The van der Waals surface area contributed by atoms with Crippen molar-refractivity contribution in [2.75, 3.05) is 4.90 Å². The van der Waals surface area contributed by atoms with Crippen LogP contribution in [0, 0.1) is 5.92 Å². The summed E-state index contributed by atoms with van der Waals surface area (Å²) in [6.45, 7) is 4.75. The lowest BCUT2D eigenvalue weighted by molar-refractivity contribution is 0.630. The van der Waals surface area contributed by atoms with E-state index >= 15 is 0 Å². The van der Waals surface area contributed by atoms with Crippen LogP contribution in [0.25, 0.3) is 27.5 Å². The molecule has 0 N–H and O–H groups in total. The molecule has 9 rings (SSSR count). The molecule has 0 fully saturated rings. The summed E-state index contributed by atoms with van der Waals surface area (Å²) in [5.74, 6) is 0.487. The molecule has 0 saturated carbocycles. The number of aromatic nitrogens is 1. The number of benzene rings is 3. The molecule has 0 saturated heterocycles. The number of para-hydroxylation sites is 2. The minimum absolute atomic E-state index is 0.0594.